The number of phenols is 1. The zero-order valence-electron chi connectivity index (χ0n) is 22.3. The van der Waals surface area contributed by atoms with Crippen molar-refractivity contribution in [3.05, 3.63) is 36.4 Å². The van der Waals surface area contributed by atoms with Gasteiger partial charge in [-0.25, -0.2) is 0 Å². The lowest BCUT2D eigenvalue weighted by atomic mass is 9.95. The van der Waals surface area contributed by atoms with Crippen LogP contribution in [0.2, 0.25) is 0 Å². The maximum Gasteiger partial charge on any atom is 0.320 e. The number of benzene rings is 2. The van der Waals surface area contributed by atoms with Crippen LogP contribution in [-0.4, -0.2) is 80.4 Å². The van der Waals surface area contributed by atoms with Gasteiger partial charge >= 0.3 is 12.0 Å². The first-order chi connectivity index (χ1) is 19.1. The summed E-state index contributed by atoms with van der Waals surface area (Å²) >= 11 is 0. The number of ether oxygens (including phenoxy) is 2. The number of hydrogen-bond acceptors (Lipinski definition) is 9. The number of nitrogens with one attached hydrogen (secondary N) is 2. The second kappa shape index (κ2) is 9.94. The average Bonchev–Trinajstić information content (AvgIpc) is 3.70. The van der Waals surface area contributed by atoms with Crippen molar-refractivity contribution in [1.82, 2.24) is 30.2 Å². The molecule has 2 bridgehead atoms. The summed E-state index contributed by atoms with van der Waals surface area (Å²) in [6.45, 7) is 4.67. The molecule has 210 valence electrons. The molecule has 6 heterocycles. The van der Waals surface area contributed by atoms with Gasteiger partial charge in [0.1, 0.15) is 18.1 Å². The molecule has 11 heteroatoms. The van der Waals surface area contributed by atoms with E-state index in [1.807, 2.05) is 24.3 Å². The number of imidazole rings is 1. The van der Waals surface area contributed by atoms with Gasteiger partial charge in [-0.2, -0.15) is 15.0 Å². The molecule has 0 spiro atoms. The lowest BCUT2D eigenvalue weighted by Crippen LogP contribution is -2.51. The van der Waals surface area contributed by atoms with Gasteiger partial charge in [-0.3, -0.25) is 9.88 Å². The van der Waals surface area contributed by atoms with Crippen LogP contribution in [0.15, 0.2) is 36.4 Å². The van der Waals surface area contributed by atoms with Crippen LogP contribution in [0.4, 0.5) is 5.82 Å². The Morgan fingerprint density at radius 3 is 2.58 bits per heavy atom. The topological polar surface area (TPSA) is 112 Å². The molecule has 4 aliphatic heterocycles. The lowest BCUT2D eigenvalue weighted by Gasteiger charge is -2.34. The summed E-state index contributed by atoms with van der Waals surface area (Å²) in [5.74, 6) is 1.45. The number of aromatic hydroxyl groups is 1. The van der Waals surface area contributed by atoms with Gasteiger partial charge in [-0.1, -0.05) is 24.3 Å². The number of aromatic nitrogens is 4. The Balaban J connectivity index is 0.00000264. The molecular weight excluding hydrogens is 530 g/mol. The number of aromatic amines is 1. The number of piperazine rings is 1. The van der Waals surface area contributed by atoms with Gasteiger partial charge in [0, 0.05) is 36.6 Å². The highest BCUT2D eigenvalue weighted by molar-refractivity contribution is 5.90. The predicted molar refractivity (Wildman–Crippen MR) is 155 cm³/mol. The molecule has 3 N–H and O–H groups in total. The van der Waals surface area contributed by atoms with Crippen molar-refractivity contribution in [3.8, 4) is 23.5 Å². The average molecular weight is 564 g/mol. The molecule has 40 heavy (non-hydrogen) atoms. The number of anilines is 1. The molecule has 2 aromatic carbocycles. The minimum Gasteiger partial charge on any atom is -0.508 e. The Labute approximate surface area is 238 Å². The maximum atomic E-state index is 10.3. The van der Waals surface area contributed by atoms with E-state index >= 15 is 0 Å². The highest BCUT2D eigenvalue weighted by Crippen LogP contribution is 2.40. The monoisotopic (exact) mass is 563 g/mol. The van der Waals surface area contributed by atoms with Crippen LogP contribution < -0.4 is 19.7 Å². The second-order valence-corrected chi connectivity index (χ2v) is 11.6. The van der Waals surface area contributed by atoms with Crippen LogP contribution in [0.3, 0.4) is 0 Å². The van der Waals surface area contributed by atoms with Gasteiger partial charge in [-0.15, -0.1) is 12.4 Å². The fraction of sp³-hybridized carbons (Fsp3) is 0.483. The van der Waals surface area contributed by atoms with Gasteiger partial charge < -0.3 is 24.8 Å². The van der Waals surface area contributed by atoms with Gasteiger partial charge in [0.05, 0.1) is 5.54 Å². The zero-order valence-corrected chi connectivity index (χ0v) is 23.1. The van der Waals surface area contributed by atoms with E-state index in [2.05, 4.69) is 20.1 Å². The third kappa shape index (κ3) is 4.38. The van der Waals surface area contributed by atoms with Crippen molar-refractivity contribution in [2.24, 2.45) is 0 Å². The van der Waals surface area contributed by atoms with Crippen molar-refractivity contribution in [2.75, 3.05) is 37.7 Å². The molecular formula is C29H34ClN7O3. The quantitative estimate of drug-likeness (QED) is 0.315. The van der Waals surface area contributed by atoms with E-state index in [1.54, 1.807) is 12.1 Å². The number of fused-ring (bicyclic) bond motifs is 5. The van der Waals surface area contributed by atoms with Crippen molar-refractivity contribution < 1.29 is 14.6 Å². The largest absolute Gasteiger partial charge is 0.508 e. The molecule has 4 saturated heterocycles. The van der Waals surface area contributed by atoms with E-state index < -0.39 is 0 Å². The van der Waals surface area contributed by atoms with Crippen LogP contribution >= 0.6 is 12.4 Å². The first-order valence-electron chi connectivity index (χ1n) is 14.2. The van der Waals surface area contributed by atoms with Crippen molar-refractivity contribution in [2.45, 2.75) is 56.1 Å². The minimum absolute atomic E-state index is 0. The molecule has 2 atom stereocenters. The first-order valence-corrected chi connectivity index (χ1v) is 14.2. The molecule has 10 nitrogen and oxygen atoms in total. The smallest absolute Gasteiger partial charge is 0.320 e. The van der Waals surface area contributed by atoms with Crippen LogP contribution in [0.5, 0.6) is 23.5 Å². The number of rotatable bonds is 6. The van der Waals surface area contributed by atoms with Crippen molar-refractivity contribution >= 4 is 40.2 Å². The summed E-state index contributed by atoms with van der Waals surface area (Å²) in [5, 5.41) is 15.8. The van der Waals surface area contributed by atoms with E-state index in [4.69, 9.17) is 24.4 Å². The lowest BCUT2D eigenvalue weighted by molar-refractivity contribution is 0.108. The Bertz CT molecular complexity index is 1540. The fourth-order valence-corrected chi connectivity index (χ4v) is 7.26. The van der Waals surface area contributed by atoms with Crippen LogP contribution in [0, 0.1) is 0 Å². The molecule has 2 unspecified atom stereocenters. The molecule has 4 fully saturated rings. The van der Waals surface area contributed by atoms with Gasteiger partial charge in [0.15, 0.2) is 17.0 Å². The Morgan fingerprint density at radius 1 is 1.00 bits per heavy atom. The number of halogens is 1. The molecule has 0 aliphatic carbocycles. The fourth-order valence-electron chi connectivity index (χ4n) is 7.26. The van der Waals surface area contributed by atoms with Gasteiger partial charge in [0.2, 0.25) is 0 Å². The molecule has 2 aromatic heterocycles. The van der Waals surface area contributed by atoms with Crippen LogP contribution in [0.1, 0.15) is 38.5 Å². The summed E-state index contributed by atoms with van der Waals surface area (Å²) in [6.07, 6.45) is 7.14. The van der Waals surface area contributed by atoms with Crippen molar-refractivity contribution in [1.29, 1.82) is 0 Å². The third-order valence-corrected chi connectivity index (χ3v) is 9.10. The normalized spacial score (nSPS) is 23.4. The van der Waals surface area contributed by atoms with E-state index in [-0.39, 0.29) is 23.7 Å². The Morgan fingerprint density at radius 2 is 1.77 bits per heavy atom. The second-order valence-electron chi connectivity index (χ2n) is 11.6. The zero-order chi connectivity index (χ0) is 26.0. The van der Waals surface area contributed by atoms with Crippen LogP contribution in [0.25, 0.3) is 21.9 Å². The molecule has 0 radical (unpaired) electrons. The van der Waals surface area contributed by atoms with E-state index in [1.165, 1.54) is 38.5 Å². The van der Waals surface area contributed by atoms with E-state index in [9.17, 15) is 5.11 Å². The standard InChI is InChI=1S/C29H33N7O3.ClH/c37-21-13-18-5-1-2-6-22(18)23(14-21)39-28-31-24-25(33-28)32-27(38-17-29-9-3-11-36(29)12-4-10-29)34-26(24)35-15-19-7-8-20(16-35)30-19;/h1-2,5-6,13-14,19-20,30,37H,3-4,7-12,15-17H2,(H,31,32,33,34);1H. The minimum atomic E-state index is 0. The molecule has 8 rings (SSSR count). The van der Waals surface area contributed by atoms with E-state index in [0.29, 0.717) is 47.6 Å². The highest BCUT2D eigenvalue weighted by atomic mass is 35.5. The summed E-state index contributed by atoms with van der Waals surface area (Å²) in [4.78, 5) is 22.7. The Kier molecular flexibility index (Phi) is 6.36. The van der Waals surface area contributed by atoms with Crippen molar-refractivity contribution in [3.63, 3.8) is 0 Å². The summed E-state index contributed by atoms with van der Waals surface area (Å²) in [6, 6.07) is 12.7. The third-order valence-electron chi connectivity index (χ3n) is 9.10. The predicted octanol–water partition coefficient (Wildman–Crippen LogP) is 4.37. The summed E-state index contributed by atoms with van der Waals surface area (Å²) in [5.41, 5.74) is 1.38. The molecule has 4 aliphatic rings. The SMILES string of the molecule is Cl.Oc1cc(Oc2nc3c(N4CC5CCC(C4)N5)nc(OCC45CCCN4CCC5)nc3[nH]2)c2ccccc2c1. The Hall–Kier alpha value is -3.34. The molecule has 4 aromatic rings. The number of H-pyrrole nitrogens is 1. The first kappa shape index (κ1) is 25.6. The summed E-state index contributed by atoms with van der Waals surface area (Å²) < 4.78 is 12.6. The highest BCUT2D eigenvalue weighted by Gasteiger charge is 2.45. The number of hydrogen-bond donors (Lipinski definition) is 3. The van der Waals surface area contributed by atoms with E-state index in [0.717, 1.165) is 42.8 Å². The molecule has 0 amide bonds. The maximum absolute atomic E-state index is 10.3. The summed E-state index contributed by atoms with van der Waals surface area (Å²) in [7, 11) is 0. The number of phenolic OH excluding ortho intramolecular Hbond substituents is 1. The van der Waals surface area contributed by atoms with Gasteiger partial charge in [-0.05, 0) is 63.1 Å². The van der Waals surface area contributed by atoms with Crippen LogP contribution in [-0.2, 0) is 0 Å². The molecule has 0 saturated carbocycles. The number of nitrogens with zero attached hydrogens (tertiary/aromatic N) is 5. The van der Waals surface area contributed by atoms with Gasteiger partial charge in [0.25, 0.3) is 0 Å².